The number of hydrogen-bond acceptors (Lipinski definition) is 7. The average Bonchev–Trinajstić information content (AvgIpc) is 3.58. The van der Waals surface area contributed by atoms with Crippen molar-refractivity contribution in [3.63, 3.8) is 0 Å². The molecule has 1 aromatic carbocycles. The quantitative estimate of drug-likeness (QED) is 0.437. The molecule has 2 aromatic heterocycles. The molecule has 1 aliphatic carbocycles. The number of nitrogens with zero attached hydrogens (tertiary/aromatic N) is 5. The van der Waals surface area contributed by atoms with Crippen LogP contribution in [0.25, 0.3) is 10.9 Å². The number of fused-ring (bicyclic) bond motifs is 1. The summed E-state index contributed by atoms with van der Waals surface area (Å²) in [6.45, 7) is 5.12. The monoisotopic (exact) mass is 490 g/mol. The van der Waals surface area contributed by atoms with E-state index in [0.29, 0.717) is 41.1 Å². The highest BCUT2D eigenvalue weighted by atomic mass is 35.5. The fourth-order valence-electron chi connectivity index (χ4n) is 4.28. The highest BCUT2D eigenvalue weighted by Crippen LogP contribution is 2.40. The molecule has 3 aromatic rings. The lowest BCUT2D eigenvalue weighted by atomic mass is 9.81. The summed E-state index contributed by atoms with van der Waals surface area (Å²) in [7, 11) is 0. The molecule has 0 amide bonds. The maximum Gasteiger partial charge on any atom is 0.227 e. The highest BCUT2D eigenvalue weighted by molar-refractivity contribution is 6.34. The van der Waals surface area contributed by atoms with Crippen molar-refractivity contribution in [3.8, 4) is 0 Å². The Hall–Kier alpha value is -2.13. The molecule has 2 aliphatic rings. The number of rotatable bonds is 8. The van der Waals surface area contributed by atoms with Crippen molar-refractivity contribution >= 4 is 51.4 Å². The molecule has 1 aliphatic heterocycles. The third-order valence-corrected chi connectivity index (χ3v) is 7.20. The summed E-state index contributed by atoms with van der Waals surface area (Å²) in [4.78, 5) is 11.4. The maximum atomic E-state index is 8.96. The number of hydrogen-bond donors (Lipinski definition) is 2. The molecular weight excluding hydrogens is 463 g/mol. The number of ether oxygens (including phenoxy) is 1. The van der Waals surface area contributed by atoms with Crippen molar-refractivity contribution < 1.29 is 9.84 Å². The molecule has 176 valence electrons. The molecule has 0 spiro atoms. The minimum Gasteiger partial charge on any atom is -0.394 e. The average molecular weight is 491 g/mol. The molecule has 0 bridgehead atoms. The predicted octanol–water partition coefficient (Wildman–Crippen LogP) is 4.83. The first-order valence-corrected chi connectivity index (χ1v) is 12.1. The maximum absolute atomic E-state index is 8.96. The smallest absolute Gasteiger partial charge is 0.227 e. The Balaban J connectivity index is 1.32. The number of halogens is 2. The first-order chi connectivity index (χ1) is 16.0. The second-order valence-electron chi connectivity index (χ2n) is 9.28. The molecule has 0 atom stereocenters. The van der Waals surface area contributed by atoms with Gasteiger partial charge in [0, 0.05) is 24.7 Å². The Labute approximate surface area is 202 Å². The Morgan fingerprint density at radius 2 is 2.00 bits per heavy atom. The van der Waals surface area contributed by atoms with E-state index in [0.717, 1.165) is 55.4 Å². The van der Waals surface area contributed by atoms with Crippen LogP contribution in [0.4, 0.5) is 17.3 Å². The van der Waals surface area contributed by atoms with Gasteiger partial charge in [0.15, 0.2) is 5.15 Å². The minimum absolute atomic E-state index is 0.0582. The van der Waals surface area contributed by atoms with Crippen molar-refractivity contribution in [2.75, 3.05) is 43.1 Å². The molecule has 33 heavy (non-hydrogen) atoms. The fourth-order valence-corrected chi connectivity index (χ4v) is 4.85. The summed E-state index contributed by atoms with van der Waals surface area (Å²) in [6, 6.07) is 4.36. The van der Waals surface area contributed by atoms with Gasteiger partial charge in [-0.25, -0.2) is 14.6 Å². The van der Waals surface area contributed by atoms with Crippen LogP contribution in [0.3, 0.4) is 0 Å². The van der Waals surface area contributed by atoms with Gasteiger partial charge in [-0.15, -0.1) is 0 Å². The van der Waals surface area contributed by atoms with Crippen LogP contribution in [0.1, 0.15) is 38.6 Å². The van der Waals surface area contributed by atoms with Gasteiger partial charge in [-0.1, -0.05) is 30.1 Å². The lowest BCUT2D eigenvalue weighted by Crippen LogP contribution is -2.41. The largest absolute Gasteiger partial charge is 0.394 e. The molecule has 0 radical (unpaired) electrons. The van der Waals surface area contributed by atoms with Gasteiger partial charge in [0.05, 0.1) is 54.0 Å². The van der Waals surface area contributed by atoms with Crippen LogP contribution < -0.4 is 10.2 Å². The minimum atomic E-state index is 0.0582. The summed E-state index contributed by atoms with van der Waals surface area (Å²) in [5, 5.41) is 18.7. The SMILES string of the molecule is CC1(COCCO)CCN(c2cc3nc(Nc4cnn(C5CC5)c4Cl)ncc3cc2Cl)CC1. The number of benzene rings is 1. The van der Waals surface area contributed by atoms with E-state index < -0.39 is 0 Å². The second-order valence-corrected chi connectivity index (χ2v) is 10.0. The molecule has 8 nitrogen and oxygen atoms in total. The Kier molecular flexibility index (Phi) is 6.35. The van der Waals surface area contributed by atoms with Crippen LogP contribution in [-0.4, -0.2) is 57.8 Å². The summed E-state index contributed by atoms with van der Waals surface area (Å²) < 4.78 is 7.45. The van der Waals surface area contributed by atoms with Crippen LogP contribution >= 0.6 is 23.2 Å². The first kappa shape index (κ1) is 22.7. The normalized spacial score (nSPS) is 18.1. The third-order valence-electron chi connectivity index (χ3n) is 6.52. The van der Waals surface area contributed by atoms with Gasteiger partial charge < -0.3 is 20.1 Å². The predicted molar refractivity (Wildman–Crippen MR) is 131 cm³/mol. The highest BCUT2D eigenvalue weighted by Gasteiger charge is 2.31. The zero-order valence-electron chi connectivity index (χ0n) is 18.6. The molecule has 1 saturated heterocycles. The first-order valence-electron chi connectivity index (χ1n) is 11.4. The van der Waals surface area contributed by atoms with Crippen molar-refractivity contribution in [1.82, 2.24) is 19.7 Å². The molecule has 5 rings (SSSR count). The van der Waals surface area contributed by atoms with Gasteiger partial charge in [-0.3, -0.25) is 0 Å². The van der Waals surface area contributed by atoms with E-state index in [1.807, 2.05) is 16.8 Å². The summed E-state index contributed by atoms with van der Waals surface area (Å²) in [6.07, 6.45) is 7.70. The molecule has 1 saturated carbocycles. The van der Waals surface area contributed by atoms with E-state index >= 15 is 0 Å². The lowest BCUT2D eigenvalue weighted by molar-refractivity contribution is 0.0212. The second kappa shape index (κ2) is 9.25. The standard InChI is InChI=1S/C23H28Cl2N6O2/c1-23(14-33-9-8-32)4-6-30(7-5-23)20-11-18-15(10-17(20)24)12-26-22(28-18)29-19-13-27-31(21(19)25)16-2-3-16/h10-13,16,32H,2-9,14H2,1H3,(H,26,28,29). The third kappa shape index (κ3) is 4.89. The number of aliphatic hydroxyl groups excluding tert-OH is 1. The summed E-state index contributed by atoms with van der Waals surface area (Å²) >= 11 is 13.1. The molecule has 2 fully saturated rings. The van der Waals surface area contributed by atoms with Crippen molar-refractivity contribution in [1.29, 1.82) is 0 Å². The van der Waals surface area contributed by atoms with Crippen LogP contribution in [0.2, 0.25) is 10.2 Å². The molecular formula is C23H28Cl2N6O2. The number of aliphatic hydroxyl groups is 1. The zero-order chi connectivity index (χ0) is 23.0. The van der Waals surface area contributed by atoms with Crippen LogP contribution in [0.5, 0.6) is 0 Å². The summed E-state index contributed by atoms with van der Waals surface area (Å²) in [5.41, 5.74) is 2.61. The van der Waals surface area contributed by atoms with Gasteiger partial charge in [0.2, 0.25) is 5.95 Å². The Morgan fingerprint density at radius 1 is 1.21 bits per heavy atom. The van der Waals surface area contributed by atoms with Gasteiger partial charge in [0.25, 0.3) is 0 Å². The molecule has 10 heteroatoms. The molecule has 3 heterocycles. The van der Waals surface area contributed by atoms with E-state index in [1.54, 1.807) is 12.4 Å². The van der Waals surface area contributed by atoms with Crippen LogP contribution in [0.15, 0.2) is 24.5 Å². The van der Waals surface area contributed by atoms with E-state index in [9.17, 15) is 0 Å². The number of nitrogens with one attached hydrogen (secondary N) is 1. The van der Waals surface area contributed by atoms with Gasteiger partial charge in [-0.2, -0.15) is 5.10 Å². The Morgan fingerprint density at radius 3 is 2.73 bits per heavy atom. The topological polar surface area (TPSA) is 88.3 Å². The van der Waals surface area contributed by atoms with Crippen molar-refractivity contribution in [2.45, 2.75) is 38.6 Å². The van der Waals surface area contributed by atoms with E-state index in [-0.39, 0.29) is 12.0 Å². The van der Waals surface area contributed by atoms with Crippen molar-refractivity contribution in [3.05, 3.63) is 34.7 Å². The Bertz CT molecular complexity index is 1140. The number of piperidine rings is 1. The zero-order valence-corrected chi connectivity index (χ0v) is 20.1. The van der Waals surface area contributed by atoms with E-state index in [2.05, 4.69) is 27.2 Å². The van der Waals surface area contributed by atoms with Crippen molar-refractivity contribution in [2.24, 2.45) is 5.41 Å². The molecule has 2 N–H and O–H groups in total. The van der Waals surface area contributed by atoms with Crippen LogP contribution in [-0.2, 0) is 4.74 Å². The molecule has 0 unspecified atom stereocenters. The van der Waals surface area contributed by atoms with E-state index in [4.69, 9.17) is 38.0 Å². The lowest BCUT2D eigenvalue weighted by Gasteiger charge is -2.40. The van der Waals surface area contributed by atoms with Crippen LogP contribution in [0, 0.1) is 5.41 Å². The fraction of sp³-hybridized carbons (Fsp3) is 0.522. The number of anilines is 3. The summed E-state index contributed by atoms with van der Waals surface area (Å²) in [5.74, 6) is 0.472. The van der Waals surface area contributed by atoms with Gasteiger partial charge in [-0.05, 0) is 43.2 Å². The van der Waals surface area contributed by atoms with Gasteiger partial charge >= 0.3 is 0 Å². The van der Waals surface area contributed by atoms with E-state index in [1.165, 1.54) is 0 Å². The number of aromatic nitrogens is 4. The van der Waals surface area contributed by atoms with Gasteiger partial charge in [0.1, 0.15) is 0 Å².